The molecule has 0 bridgehead atoms. The van der Waals surface area contributed by atoms with Gasteiger partial charge in [-0.2, -0.15) is 0 Å². The van der Waals surface area contributed by atoms with E-state index in [0.29, 0.717) is 19.5 Å². The average Bonchev–Trinajstić information content (AvgIpc) is 2.74. The van der Waals surface area contributed by atoms with Crippen LogP contribution in [0.3, 0.4) is 0 Å². The highest BCUT2D eigenvalue weighted by molar-refractivity contribution is 7.11. The Bertz CT molecular complexity index is 336. The molecule has 3 N–H and O–H groups in total. The standard InChI is InChI=1S/C12H20N2OS/c1-3-10-4-5-11(16-10)8-14-12(15)6-9(2)7-13/h4-5,9H,3,6-8,13H2,1-2H3,(H,14,15). The van der Waals surface area contributed by atoms with Gasteiger partial charge in [-0.25, -0.2) is 0 Å². The lowest BCUT2D eigenvalue weighted by atomic mass is 10.1. The number of nitrogens with two attached hydrogens (primary N) is 1. The van der Waals surface area contributed by atoms with Crippen molar-refractivity contribution in [2.75, 3.05) is 6.54 Å². The molecule has 0 radical (unpaired) electrons. The summed E-state index contributed by atoms with van der Waals surface area (Å²) in [6.07, 6.45) is 1.57. The molecule has 90 valence electrons. The zero-order valence-electron chi connectivity index (χ0n) is 9.95. The maximum atomic E-state index is 11.5. The van der Waals surface area contributed by atoms with E-state index >= 15 is 0 Å². The molecule has 0 saturated carbocycles. The predicted molar refractivity (Wildman–Crippen MR) is 68.4 cm³/mol. The molecule has 1 heterocycles. The fourth-order valence-corrected chi connectivity index (χ4v) is 2.26. The smallest absolute Gasteiger partial charge is 0.220 e. The molecule has 0 aliphatic heterocycles. The zero-order chi connectivity index (χ0) is 12.0. The molecule has 1 atom stereocenters. The van der Waals surface area contributed by atoms with E-state index < -0.39 is 0 Å². The molecule has 1 unspecified atom stereocenters. The van der Waals surface area contributed by atoms with Gasteiger partial charge in [0.1, 0.15) is 0 Å². The van der Waals surface area contributed by atoms with Gasteiger partial charge in [-0.3, -0.25) is 4.79 Å². The lowest BCUT2D eigenvalue weighted by molar-refractivity contribution is -0.122. The monoisotopic (exact) mass is 240 g/mol. The number of carbonyl (C=O) groups is 1. The third kappa shape index (κ3) is 4.33. The van der Waals surface area contributed by atoms with E-state index in [1.54, 1.807) is 11.3 Å². The van der Waals surface area contributed by atoms with E-state index in [1.807, 2.05) is 6.92 Å². The third-order valence-corrected chi connectivity index (χ3v) is 3.69. The zero-order valence-corrected chi connectivity index (χ0v) is 10.8. The molecule has 1 aromatic heterocycles. The Kier molecular flexibility index (Phi) is 5.49. The van der Waals surface area contributed by atoms with E-state index in [1.165, 1.54) is 9.75 Å². The van der Waals surface area contributed by atoms with Gasteiger partial charge in [-0.1, -0.05) is 13.8 Å². The van der Waals surface area contributed by atoms with Gasteiger partial charge in [0.05, 0.1) is 6.54 Å². The van der Waals surface area contributed by atoms with Crippen LogP contribution in [0.25, 0.3) is 0 Å². The number of nitrogens with one attached hydrogen (secondary N) is 1. The van der Waals surface area contributed by atoms with Gasteiger partial charge < -0.3 is 11.1 Å². The topological polar surface area (TPSA) is 55.1 Å². The Morgan fingerprint density at radius 1 is 1.50 bits per heavy atom. The van der Waals surface area contributed by atoms with Crippen molar-refractivity contribution in [1.82, 2.24) is 5.32 Å². The van der Waals surface area contributed by atoms with Crippen molar-refractivity contribution >= 4 is 17.2 Å². The van der Waals surface area contributed by atoms with Crippen LogP contribution in [-0.2, 0) is 17.8 Å². The second kappa shape index (κ2) is 6.66. The molecule has 0 spiro atoms. The maximum Gasteiger partial charge on any atom is 0.220 e. The van der Waals surface area contributed by atoms with E-state index in [0.717, 1.165) is 6.42 Å². The highest BCUT2D eigenvalue weighted by atomic mass is 32.1. The highest BCUT2D eigenvalue weighted by Gasteiger charge is 2.07. The molecule has 0 fully saturated rings. The second-order valence-corrected chi connectivity index (χ2v) is 5.30. The molecule has 0 aromatic carbocycles. The van der Waals surface area contributed by atoms with Crippen LogP contribution in [0.2, 0.25) is 0 Å². The summed E-state index contributed by atoms with van der Waals surface area (Å²) >= 11 is 1.76. The van der Waals surface area contributed by atoms with E-state index in [4.69, 9.17) is 5.73 Å². The Morgan fingerprint density at radius 3 is 2.75 bits per heavy atom. The number of aryl methyl sites for hydroxylation is 1. The third-order valence-electron chi connectivity index (χ3n) is 2.46. The molecule has 1 amide bonds. The number of thiophene rings is 1. The van der Waals surface area contributed by atoms with Crippen LogP contribution in [0.5, 0.6) is 0 Å². The lowest BCUT2D eigenvalue weighted by Crippen LogP contribution is -2.26. The first-order valence-electron chi connectivity index (χ1n) is 5.70. The summed E-state index contributed by atoms with van der Waals surface area (Å²) in [5, 5.41) is 2.92. The average molecular weight is 240 g/mol. The van der Waals surface area contributed by atoms with E-state index in [-0.39, 0.29) is 11.8 Å². The Labute approximate surface area is 101 Å². The molecule has 0 aliphatic rings. The molecule has 0 saturated heterocycles. The van der Waals surface area contributed by atoms with Gasteiger partial charge in [0.25, 0.3) is 0 Å². The van der Waals surface area contributed by atoms with Crippen molar-refractivity contribution in [3.63, 3.8) is 0 Å². The van der Waals surface area contributed by atoms with Crippen LogP contribution in [0.1, 0.15) is 30.0 Å². The first-order valence-corrected chi connectivity index (χ1v) is 6.51. The normalized spacial score (nSPS) is 12.4. The van der Waals surface area contributed by atoms with Gasteiger partial charge in [-0.05, 0) is 31.0 Å². The number of amides is 1. The summed E-state index contributed by atoms with van der Waals surface area (Å²) in [7, 11) is 0. The number of carbonyl (C=O) groups excluding carboxylic acids is 1. The lowest BCUT2D eigenvalue weighted by Gasteiger charge is -2.08. The summed E-state index contributed by atoms with van der Waals surface area (Å²) in [5.74, 6) is 0.346. The molecule has 0 aliphatic carbocycles. The van der Waals surface area contributed by atoms with Crippen molar-refractivity contribution in [1.29, 1.82) is 0 Å². The molecular formula is C12H20N2OS. The van der Waals surface area contributed by atoms with Gasteiger partial charge in [-0.15, -0.1) is 11.3 Å². The van der Waals surface area contributed by atoms with Crippen molar-refractivity contribution in [3.05, 3.63) is 21.9 Å². The van der Waals surface area contributed by atoms with Crippen LogP contribution in [0.15, 0.2) is 12.1 Å². The minimum atomic E-state index is 0.0874. The minimum absolute atomic E-state index is 0.0874. The number of hydrogen-bond acceptors (Lipinski definition) is 3. The van der Waals surface area contributed by atoms with Gasteiger partial charge >= 0.3 is 0 Å². The summed E-state index contributed by atoms with van der Waals surface area (Å²) in [4.78, 5) is 14.1. The molecule has 3 nitrogen and oxygen atoms in total. The Balaban J connectivity index is 2.31. The summed E-state index contributed by atoms with van der Waals surface area (Å²) in [6, 6.07) is 4.20. The molecular weight excluding hydrogens is 220 g/mol. The highest BCUT2D eigenvalue weighted by Crippen LogP contribution is 2.16. The first kappa shape index (κ1) is 13.2. The van der Waals surface area contributed by atoms with Gasteiger partial charge in [0, 0.05) is 16.2 Å². The van der Waals surface area contributed by atoms with Crippen molar-refractivity contribution in [3.8, 4) is 0 Å². The molecule has 1 rings (SSSR count). The Morgan fingerprint density at radius 2 is 2.19 bits per heavy atom. The summed E-state index contributed by atoms with van der Waals surface area (Å²) < 4.78 is 0. The summed E-state index contributed by atoms with van der Waals surface area (Å²) in [6.45, 7) is 5.32. The largest absolute Gasteiger partial charge is 0.351 e. The Hall–Kier alpha value is -0.870. The van der Waals surface area contributed by atoms with Crippen LogP contribution in [0.4, 0.5) is 0 Å². The van der Waals surface area contributed by atoms with Crippen LogP contribution in [-0.4, -0.2) is 12.5 Å². The van der Waals surface area contributed by atoms with Crippen molar-refractivity contribution < 1.29 is 4.79 Å². The van der Waals surface area contributed by atoms with Crippen molar-refractivity contribution in [2.45, 2.75) is 33.2 Å². The maximum absolute atomic E-state index is 11.5. The van der Waals surface area contributed by atoms with Crippen LogP contribution in [0, 0.1) is 5.92 Å². The SMILES string of the molecule is CCc1ccc(CNC(=O)CC(C)CN)s1. The van der Waals surface area contributed by atoms with E-state index in [2.05, 4.69) is 24.4 Å². The number of hydrogen-bond donors (Lipinski definition) is 2. The minimum Gasteiger partial charge on any atom is -0.351 e. The first-order chi connectivity index (χ1) is 7.65. The molecule has 4 heteroatoms. The quantitative estimate of drug-likeness (QED) is 0.798. The van der Waals surface area contributed by atoms with Crippen LogP contribution < -0.4 is 11.1 Å². The molecule has 1 aromatic rings. The van der Waals surface area contributed by atoms with Gasteiger partial charge in [0.15, 0.2) is 0 Å². The molecule has 16 heavy (non-hydrogen) atoms. The fourth-order valence-electron chi connectivity index (χ4n) is 1.37. The predicted octanol–water partition coefficient (Wildman–Crippen LogP) is 1.91. The number of rotatable bonds is 6. The van der Waals surface area contributed by atoms with Crippen molar-refractivity contribution in [2.24, 2.45) is 11.7 Å². The summed E-state index contributed by atoms with van der Waals surface area (Å²) in [5.41, 5.74) is 5.47. The van der Waals surface area contributed by atoms with E-state index in [9.17, 15) is 4.79 Å². The fraction of sp³-hybridized carbons (Fsp3) is 0.583. The van der Waals surface area contributed by atoms with Gasteiger partial charge in [0.2, 0.25) is 5.91 Å². The second-order valence-electron chi connectivity index (χ2n) is 4.04. The van der Waals surface area contributed by atoms with Crippen LogP contribution >= 0.6 is 11.3 Å².